The van der Waals surface area contributed by atoms with Crippen LogP contribution in [0.1, 0.15) is 16.9 Å². The van der Waals surface area contributed by atoms with Crippen LogP contribution in [0.3, 0.4) is 0 Å². The van der Waals surface area contributed by atoms with Gasteiger partial charge in [-0.2, -0.15) is 11.8 Å². The van der Waals surface area contributed by atoms with Crippen LogP contribution >= 0.6 is 11.8 Å². The fourth-order valence-corrected chi connectivity index (χ4v) is 4.00. The van der Waals surface area contributed by atoms with E-state index in [1.54, 1.807) is 11.8 Å². The first-order valence-electron chi connectivity index (χ1n) is 7.39. The monoisotopic (exact) mass is 316 g/mol. The predicted octanol–water partition coefficient (Wildman–Crippen LogP) is 2.29. The average molecular weight is 316 g/mol. The second-order valence-electron chi connectivity index (χ2n) is 5.74. The summed E-state index contributed by atoms with van der Waals surface area (Å²) in [5.41, 5.74) is 1.93. The molecular weight excluding hydrogens is 296 g/mol. The first kappa shape index (κ1) is 15.2. The van der Waals surface area contributed by atoms with E-state index in [2.05, 4.69) is 5.32 Å². The summed E-state index contributed by atoms with van der Waals surface area (Å²) in [6.07, 6.45) is 0.736. The van der Waals surface area contributed by atoms with Gasteiger partial charge in [0.2, 0.25) is 0 Å². The van der Waals surface area contributed by atoms with Crippen LogP contribution < -0.4 is 5.32 Å². The second kappa shape index (κ2) is 6.18. The number of nitrogens with one attached hydrogen (secondary N) is 1. The summed E-state index contributed by atoms with van der Waals surface area (Å²) < 4.78 is 1.89. The van der Waals surface area contributed by atoms with Gasteiger partial charge in [-0.3, -0.25) is 4.79 Å². The highest BCUT2D eigenvalue weighted by Crippen LogP contribution is 2.27. The molecule has 1 aromatic carbocycles. The van der Waals surface area contributed by atoms with Crippen LogP contribution in [-0.2, 0) is 7.05 Å². The number of carbonyl (C=O) groups excluding carboxylic acids is 1. The molecule has 2 heterocycles. The van der Waals surface area contributed by atoms with Crippen LogP contribution in [-0.4, -0.2) is 39.2 Å². The Bertz CT molecular complexity index is 661. The third-order valence-electron chi connectivity index (χ3n) is 4.08. The molecule has 0 spiro atoms. The van der Waals surface area contributed by atoms with Crippen molar-refractivity contribution in [3.8, 4) is 11.3 Å². The molecule has 2 aromatic rings. The van der Waals surface area contributed by atoms with E-state index in [4.69, 9.17) is 0 Å². The Morgan fingerprint density at radius 1 is 1.32 bits per heavy atom. The molecule has 2 N–H and O–H groups in total. The van der Waals surface area contributed by atoms with Crippen molar-refractivity contribution in [1.29, 1.82) is 0 Å². The number of hydrogen-bond acceptors (Lipinski definition) is 3. The van der Waals surface area contributed by atoms with E-state index in [9.17, 15) is 9.90 Å². The van der Waals surface area contributed by atoms with E-state index in [-0.39, 0.29) is 5.91 Å². The molecule has 0 bridgehead atoms. The highest BCUT2D eigenvalue weighted by Gasteiger charge is 2.32. The maximum Gasteiger partial charge on any atom is 0.268 e. The standard InChI is InChI=1S/C17H20N2O2S/c1-19-14(13-5-3-2-4-6-13)7-8-15(19)16(20)18-11-17(21)9-10-22-12-17/h2-8,21H,9-12H2,1H3,(H,18,20). The normalized spacial score (nSPS) is 21.0. The topological polar surface area (TPSA) is 54.3 Å². The fourth-order valence-electron chi connectivity index (χ4n) is 2.71. The van der Waals surface area contributed by atoms with Crippen LogP contribution in [0, 0.1) is 0 Å². The molecule has 1 aromatic heterocycles. The molecule has 0 radical (unpaired) electrons. The van der Waals surface area contributed by atoms with Crippen molar-refractivity contribution < 1.29 is 9.90 Å². The summed E-state index contributed by atoms with van der Waals surface area (Å²) in [4.78, 5) is 12.4. The average Bonchev–Trinajstić information content (AvgIpc) is 3.13. The molecule has 4 nitrogen and oxygen atoms in total. The van der Waals surface area contributed by atoms with Crippen molar-refractivity contribution in [2.24, 2.45) is 7.05 Å². The number of nitrogens with zero attached hydrogens (tertiary/aromatic N) is 1. The number of hydrogen-bond donors (Lipinski definition) is 2. The van der Waals surface area contributed by atoms with Crippen LogP contribution in [0.2, 0.25) is 0 Å². The lowest BCUT2D eigenvalue weighted by atomic mass is 10.0. The second-order valence-corrected chi connectivity index (χ2v) is 6.84. The van der Waals surface area contributed by atoms with Crippen LogP contribution in [0.5, 0.6) is 0 Å². The number of carbonyl (C=O) groups is 1. The zero-order valence-electron chi connectivity index (χ0n) is 12.6. The molecule has 1 unspecified atom stereocenters. The van der Waals surface area contributed by atoms with Gasteiger partial charge in [0.25, 0.3) is 5.91 Å². The van der Waals surface area contributed by atoms with Gasteiger partial charge in [-0.25, -0.2) is 0 Å². The molecular formula is C17H20N2O2S. The lowest BCUT2D eigenvalue weighted by Gasteiger charge is -2.21. The predicted molar refractivity (Wildman–Crippen MR) is 90.1 cm³/mol. The SMILES string of the molecule is Cn1c(C(=O)NCC2(O)CCSC2)ccc1-c1ccccc1. The largest absolute Gasteiger partial charge is 0.387 e. The summed E-state index contributed by atoms with van der Waals surface area (Å²) in [5.74, 6) is 1.50. The molecule has 5 heteroatoms. The highest BCUT2D eigenvalue weighted by molar-refractivity contribution is 7.99. The van der Waals surface area contributed by atoms with E-state index in [1.807, 2.05) is 54.1 Å². The van der Waals surface area contributed by atoms with Crippen LogP contribution in [0.4, 0.5) is 0 Å². The van der Waals surface area contributed by atoms with Crippen molar-refractivity contribution in [1.82, 2.24) is 9.88 Å². The van der Waals surface area contributed by atoms with E-state index in [1.165, 1.54) is 0 Å². The number of benzene rings is 1. The third-order valence-corrected chi connectivity index (χ3v) is 5.32. The summed E-state index contributed by atoms with van der Waals surface area (Å²) >= 11 is 1.73. The molecule has 1 saturated heterocycles. The molecule has 116 valence electrons. The number of aliphatic hydroxyl groups is 1. The Labute approximate surface area is 134 Å². The minimum absolute atomic E-state index is 0.144. The zero-order chi connectivity index (χ0) is 15.6. The Hall–Kier alpha value is -1.72. The third kappa shape index (κ3) is 3.05. The molecule has 0 aliphatic carbocycles. The molecule has 1 aliphatic rings. The lowest BCUT2D eigenvalue weighted by molar-refractivity contribution is 0.0609. The molecule has 1 amide bonds. The summed E-state index contributed by atoms with van der Waals surface area (Å²) in [7, 11) is 1.89. The quantitative estimate of drug-likeness (QED) is 0.910. The van der Waals surface area contributed by atoms with Crippen molar-refractivity contribution in [3.05, 3.63) is 48.2 Å². The Kier molecular flexibility index (Phi) is 4.27. The van der Waals surface area contributed by atoms with Gasteiger partial charge in [-0.05, 0) is 29.9 Å². The minimum atomic E-state index is -0.756. The van der Waals surface area contributed by atoms with Gasteiger partial charge in [-0.1, -0.05) is 30.3 Å². The minimum Gasteiger partial charge on any atom is -0.387 e. The van der Waals surface area contributed by atoms with E-state index < -0.39 is 5.60 Å². The molecule has 22 heavy (non-hydrogen) atoms. The molecule has 1 atom stereocenters. The molecule has 3 rings (SSSR count). The van der Waals surface area contributed by atoms with E-state index in [0.29, 0.717) is 18.0 Å². The number of rotatable bonds is 4. The van der Waals surface area contributed by atoms with E-state index >= 15 is 0 Å². The van der Waals surface area contributed by atoms with Gasteiger partial charge in [-0.15, -0.1) is 0 Å². The van der Waals surface area contributed by atoms with Crippen molar-refractivity contribution >= 4 is 17.7 Å². The maximum absolute atomic E-state index is 12.4. The highest BCUT2D eigenvalue weighted by atomic mass is 32.2. The number of aromatic nitrogens is 1. The number of thioether (sulfide) groups is 1. The Balaban J connectivity index is 1.72. The van der Waals surface area contributed by atoms with Gasteiger partial charge < -0.3 is 15.0 Å². The van der Waals surface area contributed by atoms with Gasteiger partial charge in [0.15, 0.2) is 0 Å². The molecule has 1 fully saturated rings. The van der Waals surface area contributed by atoms with Crippen molar-refractivity contribution in [2.75, 3.05) is 18.1 Å². The maximum atomic E-state index is 12.4. The van der Waals surface area contributed by atoms with Crippen LogP contribution in [0.15, 0.2) is 42.5 Å². The smallest absolute Gasteiger partial charge is 0.268 e. The van der Waals surface area contributed by atoms with Gasteiger partial charge in [0, 0.05) is 25.0 Å². The fraction of sp³-hybridized carbons (Fsp3) is 0.353. The van der Waals surface area contributed by atoms with Crippen molar-refractivity contribution in [2.45, 2.75) is 12.0 Å². The Morgan fingerprint density at radius 3 is 2.77 bits per heavy atom. The van der Waals surface area contributed by atoms with Gasteiger partial charge in [0.1, 0.15) is 5.69 Å². The first-order valence-corrected chi connectivity index (χ1v) is 8.54. The van der Waals surface area contributed by atoms with Gasteiger partial charge >= 0.3 is 0 Å². The van der Waals surface area contributed by atoms with E-state index in [0.717, 1.165) is 23.4 Å². The molecule has 1 aliphatic heterocycles. The number of amides is 1. The zero-order valence-corrected chi connectivity index (χ0v) is 13.4. The Morgan fingerprint density at radius 2 is 2.09 bits per heavy atom. The van der Waals surface area contributed by atoms with Gasteiger partial charge in [0.05, 0.1) is 5.60 Å². The lowest BCUT2D eigenvalue weighted by Crippen LogP contribution is -2.43. The summed E-state index contributed by atoms with van der Waals surface area (Å²) in [5, 5.41) is 13.2. The first-order chi connectivity index (χ1) is 10.6. The summed E-state index contributed by atoms with van der Waals surface area (Å²) in [6.45, 7) is 0.310. The van der Waals surface area contributed by atoms with Crippen LogP contribution in [0.25, 0.3) is 11.3 Å². The molecule has 0 saturated carbocycles. The summed E-state index contributed by atoms with van der Waals surface area (Å²) in [6, 6.07) is 13.8. The van der Waals surface area contributed by atoms with Crippen molar-refractivity contribution in [3.63, 3.8) is 0 Å².